The van der Waals surface area contributed by atoms with Gasteiger partial charge < -0.3 is 20.7 Å². The van der Waals surface area contributed by atoms with Gasteiger partial charge in [0.15, 0.2) is 11.5 Å². The van der Waals surface area contributed by atoms with Crippen LogP contribution in [0.3, 0.4) is 0 Å². The fourth-order valence-electron chi connectivity index (χ4n) is 1.39. The van der Waals surface area contributed by atoms with E-state index in [4.69, 9.17) is 22.1 Å². The van der Waals surface area contributed by atoms with E-state index in [0.717, 1.165) is 0 Å². The standard InChI is InChI=1S/C12H16ClNO4/c1-2-5-18-12(17)9(14)6-7-3-4-8(13)11(16)10(7)15/h3-4,9,15-16H,2,5-6,14H2,1H3/t9-/m0/s1. The highest BCUT2D eigenvalue weighted by Gasteiger charge is 2.19. The molecule has 1 rings (SSSR count). The molecule has 100 valence electrons. The third-order valence-electron chi connectivity index (χ3n) is 2.38. The van der Waals surface area contributed by atoms with Crippen LogP contribution >= 0.6 is 11.6 Å². The maximum Gasteiger partial charge on any atom is 0.323 e. The Kier molecular flexibility index (Phi) is 5.25. The zero-order valence-corrected chi connectivity index (χ0v) is 10.8. The summed E-state index contributed by atoms with van der Waals surface area (Å²) in [5.74, 6) is -1.31. The van der Waals surface area contributed by atoms with Gasteiger partial charge in [-0.05, 0) is 18.1 Å². The minimum Gasteiger partial charge on any atom is -0.504 e. The van der Waals surface area contributed by atoms with Crippen LogP contribution < -0.4 is 5.73 Å². The fourth-order valence-corrected chi connectivity index (χ4v) is 1.54. The summed E-state index contributed by atoms with van der Waals surface area (Å²) < 4.78 is 4.88. The van der Waals surface area contributed by atoms with Crippen LogP contribution in [0.2, 0.25) is 5.02 Å². The molecule has 4 N–H and O–H groups in total. The van der Waals surface area contributed by atoms with Crippen molar-refractivity contribution in [3.05, 3.63) is 22.7 Å². The van der Waals surface area contributed by atoms with Crippen LogP contribution in [-0.4, -0.2) is 28.8 Å². The van der Waals surface area contributed by atoms with E-state index in [2.05, 4.69) is 0 Å². The molecule has 1 aromatic carbocycles. The number of phenolic OH excluding ortho intramolecular Hbond substituents is 2. The fraction of sp³-hybridized carbons (Fsp3) is 0.417. The first kappa shape index (κ1) is 14.6. The largest absolute Gasteiger partial charge is 0.504 e. The van der Waals surface area contributed by atoms with Crippen LogP contribution in [0.4, 0.5) is 0 Å². The van der Waals surface area contributed by atoms with E-state index < -0.39 is 17.8 Å². The SMILES string of the molecule is CCCOC(=O)[C@@H](N)Cc1ccc(Cl)c(O)c1O. The second-order valence-electron chi connectivity index (χ2n) is 3.88. The maximum absolute atomic E-state index is 11.5. The number of ether oxygens (including phenoxy) is 1. The number of nitrogens with two attached hydrogens (primary N) is 1. The van der Waals surface area contributed by atoms with Crippen molar-refractivity contribution in [1.29, 1.82) is 0 Å². The van der Waals surface area contributed by atoms with Gasteiger partial charge in [0.2, 0.25) is 0 Å². The Balaban J connectivity index is 2.73. The summed E-state index contributed by atoms with van der Waals surface area (Å²) in [6.07, 6.45) is 0.782. The maximum atomic E-state index is 11.5. The highest BCUT2D eigenvalue weighted by molar-refractivity contribution is 6.32. The van der Waals surface area contributed by atoms with E-state index >= 15 is 0 Å². The molecule has 0 aliphatic carbocycles. The lowest BCUT2D eigenvalue weighted by Crippen LogP contribution is -2.34. The normalized spacial score (nSPS) is 12.2. The third kappa shape index (κ3) is 3.51. The Morgan fingerprint density at radius 1 is 1.44 bits per heavy atom. The molecule has 0 spiro atoms. The van der Waals surface area contributed by atoms with Gasteiger partial charge in [-0.1, -0.05) is 24.6 Å². The minimum absolute atomic E-state index is 0.0402. The number of benzene rings is 1. The van der Waals surface area contributed by atoms with Gasteiger partial charge in [0, 0.05) is 6.42 Å². The lowest BCUT2D eigenvalue weighted by atomic mass is 10.1. The molecule has 0 bridgehead atoms. The lowest BCUT2D eigenvalue weighted by Gasteiger charge is -2.13. The molecule has 0 aromatic heterocycles. The van der Waals surface area contributed by atoms with Crippen LogP contribution in [-0.2, 0) is 16.0 Å². The molecule has 0 aliphatic rings. The summed E-state index contributed by atoms with van der Waals surface area (Å²) in [6.45, 7) is 2.19. The number of hydrogen-bond donors (Lipinski definition) is 3. The van der Waals surface area contributed by atoms with E-state index in [0.29, 0.717) is 18.6 Å². The molecule has 0 amide bonds. The van der Waals surface area contributed by atoms with Gasteiger partial charge in [-0.15, -0.1) is 0 Å². The Labute approximate surface area is 110 Å². The Morgan fingerprint density at radius 2 is 2.11 bits per heavy atom. The second kappa shape index (κ2) is 6.47. The minimum atomic E-state index is -0.886. The summed E-state index contributed by atoms with van der Waals surface area (Å²) in [6, 6.07) is 2.04. The van der Waals surface area contributed by atoms with E-state index in [9.17, 15) is 15.0 Å². The number of halogens is 1. The molecule has 0 unspecified atom stereocenters. The van der Waals surface area contributed by atoms with E-state index in [1.165, 1.54) is 12.1 Å². The van der Waals surface area contributed by atoms with E-state index in [1.807, 2.05) is 6.92 Å². The zero-order valence-electron chi connectivity index (χ0n) is 10.0. The number of aromatic hydroxyl groups is 2. The van der Waals surface area contributed by atoms with Crippen molar-refractivity contribution in [3.63, 3.8) is 0 Å². The topological polar surface area (TPSA) is 92.8 Å². The number of carbonyl (C=O) groups is 1. The van der Waals surface area contributed by atoms with Crippen molar-refractivity contribution in [3.8, 4) is 11.5 Å². The first-order valence-electron chi connectivity index (χ1n) is 5.58. The smallest absolute Gasteiger partial charge is 0.323 e. The number of phenols is 2. The molecule has 6 heteroatoms. The number of carbonyl (C=O) groups excluding carboxylic acids is 1. The molecule has 0 saturated carbocycles. The predicted octanol–water partition coefficient (Wildman–Crippen LogP) is 1.57. The van der Waals surface area contributed by atoms with Gasteiger partial charge in [0.05, 0.1) is 11.6 Å². The molecule has 0 radical (unpaired) electrons. The first-order chi connectivity index (χ1) is 8.47. The molecule has 1 atom stereocenters. The average Bonchev–Trinajstić information content (AvgIpc) is 2.36. The van der Waals surface area contributed by atoms with Crippen molar-refractivity contribution in [2.75, 3.05) is 6.61 Å². The van der Waals surface area contributed by atoms with Crippen LogP contribution in [0, 0.1) is 0 Å². The van der Waals surface area contributed by atoms with Crippen molar-refractivity contribution in [1.82, 2.24) is 0 Å². The molecule has 1 aromatic rings. The quantitative estimate of drug-likeness (QED) is 0.559. The molecule has 18 heavy (non-hydrogen) atoms. The molecular weight excluding hydrogens is 258 g/mol. The average molecular weight is 274 g/mol. The first-order valence-corrected chi connectivity index (χ1v) is 5.96. The molecule has 0 aliphatic heterocycles. The van der Waals surface area contributed by atoms with Crippen molar-refractivity contribution in [2.45, 2.75) is 25.8 Å². The van der Waals surface area contributed by atoms with Crippen molar-refractivity contribution in [2.24, 2.45) is 5.73 Å². The van der Waals surface area contributed by atoms with Crippen LogP contribution in [0.1, 0.15) is 18.9 Å². The van der Waals surface area contributed by atoms with Crippen LogP contribution in [0.25, 0.3) is 0 Å². The Morgan fingerprint density at radius 3 is 2.72 bits per heavy atom. The summed E-state index contributed by atoms with van der Waals surface area (Å²) in [5.41, 5.74) is 5.99. The molecule has 0 saturated heterocycles. The summed E-state index contributed by atoms with van der Waals surface area (Å²) in [7, 11) is 0. The van der Waals surface area contributed by atoms with Gasteiger partial charge in [-0.3, -0.25) is 4.79 Å². The second-order valence-corrected chi connectivity index (χ2v) is 4.29. The number of esters is 1. The van der Waals surface area contributed by atoms with Gasteiger partial charge in [0.25, 0.3) is 0 Å². The zero-order chi connectivity index (χ0) is 13.7. The Hall–Kier alpha value is -1.46. The number of rotatable bonds is 5. The van der Waals surface area contributed by atoms with E-state index in [-0.39, 0.29) is 17.2 Å². The predicted molar refractivity (Wildman–Crippen MR) is 67.7 cm³/mol. The van der Waals surface area contributed by atoms with Crippen molar-refractivity contribution >= 4 is 17.6 Å². The van der Waals surface area contributed by atoms with Gasteiger partial charge in [-0.25, -0.2) is 0 Å². The summed E-state index contributed by atoms with van der Waals surface area (Å²) in [4.78, 5) is 11.5. The Bertz CT molecular complexity index is 436. The van der Waals surface area contributed by atoms with Crippen LogP contribution in [0.5, 0.6) is 11.5 Å². The number of hydrogen-bond acceptors (Lipinski definition) is 5. The monoisotopic (exact) mass is 273 g/mol. The molecule has 5 nitrogen and oxygen atoms in total. The van der Waals surface area contributed by atoms with Crippen LogP contribution in [0.15, 0.2) is 12.1 Å². The van der Waals surface area contributed by atoms with Gasteiger partial charge in [0.1, 0.15) is 6.04 Å². The highest BCUT2D eigenvalue weighted by Crippen LogP contribution is 2.36. The summed E-state index contributed by atoms with van der Waals surface area (Å²) >= 11 is 5.62. The van der Waals surface area contributed by atoms with Gasteiger partial charge >= 0.3 is 5.97 Å². The third-order valence-corrected chi connectivity index (χ3v) is 2.68. The molecular formula is C12H16ClNO4. The molecule has 0 fully saturated rings. The van der Waals surface area contributed by atoms with Gasteiger partial charge in [-0.2, -0.15) is 0 Å². The summed E-state index contributed by atoms with van der Waals surface area (Å²) in [5, 5.41) is 19.1. The molecule has 0 heterocycles. The lowest BCUT2D eigenvalue weighted by molar-refractivity contribution is -0.145. The van der Waals surface area contributed by atoms with Crippen molar-refractivity contribution < 1.29 is 19.7 Å². The highest BCUT2D eigenvalue weighted by atomic mass is 35.5. The van der Waals surface area contributed by atoms with E-state index in [1.54, 1.807) is 0 Å².